The van der Waals surface area contributed by atoms with E-state index in [0.29, 0.717) is 28.1 Å². The number of aromatic nitrogens is 2. The third kappa shape index (κ3) is 2.84. The van der Waals surface area contributed by atoms with Crippen LogP contribution in [0.2, 0.25) is 0 Å². The lowest BCUT2D eigenvalue weighted by molar-refractivity contribution is 0.102. The smallest absolute Gasteiger partial charge is 0.259 e. The SMILES string of the molecule is Cc1ccccc1NC(=O)c1cc(-c2ccccc2)nc2onc(C)c12. The standard InChI is InChI=1S/C21H17N3O2/c1-13-8-6-7-11-17(13)22-20(25)16-12-18(15-9-4-3-5-10-15)23-21-19(16)14(2)24-26-21/h3-12H,1-2H3,(H,22,25). The molecule has 0 unspecified atom stereocenters. The second-order valence-electron chi connectivity index (χ2n) is 6.14. The molecule has 0 fully saturated rings. The molecule has 0 saturated carbocycles. The number of nitrogens with one attached hydrogen (secondary N) is 1. The Balaban J connectivity index is 1.84. The third-order valence-corrected chi connectivity index (χ3v) is 4.32. The molecule has 0 radical (unpaired) electrons. The second kappa shape index (κ2) is 6.44. The first-order valence-electron chi connectivity index (χ1n) is 8.33. The van der Waals surface area contributed by atoms with Gasteiger partial charge >= 0.3 is 0 Å². The molecular formula is C21H17N3O2. The molecule has 2 heterocycles. The number of carbonyl (C=O) groups excluding carboxylic acids is 1. The van der Waals surface area contributed by atoms with Crippen LogP contribution in [0.1, 0.15) is 21.6 Å². The second-order valence-corrected chi connectivity index (χ2v) is 6.14. The van der Waals surface area contributed by atoms with Gasteiger partial charge in [-0.15, -0.1) is 0 Å². The summed E-state index contributed by atoms with van der Waals surface area (Å²) in [7, 11) is 0. The molecule has 128 valence electrons. The zero-order valence-corrected chi connectivity index (χ0v) is 14.5. The Hall–Kier alpha value is -3.47. The Kier molecular flexibility index (Phi) is 3.97. The van der Waals surface area contributed by atoms with Gasteiger partial charge in [0.2, 0.25) is 0 Å². The van der Waals surface area contributed by atoms with Gasteiger partial charge in [-0.05, 0) is 31.5 Å². The molecular weight excluding hydrogens is 326 g/mol. The van der Waals surface area contributed by atoms with E-state index < -0.39 is 0 Å². The Bertz CT molecular complexity index is 1100. The molecule has 4 rings (SSSR count). The molecule has 1 N–H and O–H groups in total. The van der Waals surface area contributed by atoms with Crippen molar-refractivity contribution in [2.45, 2.75) is 13.8 Å². The number of hydrogen-bond acceptors (Lipinski definition) is 4. The predicted octanol–water partition coefficient (Wildman–Crippen LogP) is 4.76. The van der Waals surface area contributed by atoms with Crippen LogP contribution in [0.3, 0.4) is 0 Å². The van der Waals surface area contributed by atoms with Crippen LogP contribution in [-0.4, -0.2) is 16.0 Å². The summed E-state index contributed by atoms with van der Waals surface area (Å²) in [5.74, 6) is -0.213. The third-order valence-electron chi connectivity index (χ3n) is 4.32. The van der Waals surface area contributed by atoms with Crippen molar-refractivity contribution in [2.75, 3.05) is 5.32 Å². The molecule has 2 aromatic heterocycles. The molecule has 0 atom stereocenters. The highest BCUT2D eigenvalue weighted by Crippen LogP contribution is 2.28. The average Bonchev–Trinajstić information content (AvgIpc) is 3.04. The van der Waals surface area contributed by atoms with Crippen LogP contribution in [0.4, 0.5) is 5.69 Å². The summed E-state index contributed by atoms with van der Waals surface area (Å²) in [4.78, 5) is 17.5. The minimum Gasteiger partial charge on any atom is -0.335 e. The average molecular weight is 343 g/mol. The van der Waals surface area contributed by atoms with Crippen LogP contribution in [0.25, 0.3) is 22.4 Å². The molecule has 0 spiro atoms. The largest absolute Gasteiger partial charge is 0.335 e. The van der Waals surface area contributed by atoms with Crippen LogP contribution < -0.4 is 5.32 Å². The fraction of sp³-hybridized carbons (Fsp3) is 0.0952. The fourth-order valence-electron chi connectivity index (χ4n) is 2.93. The molecule has 0 aliphatic rings. The van der Waals surface area contributed by atoms with E-state index in [1.165, 1.54) is 0 Å². The molecule has 0 aliphatic carbocycles. The lowest BCUT2D eigenvalue weighted by Gasteiger charge is -2.10. The van der Waals surface area contributed by atoms with Gasteiger partial charge in [0.15, 0.2) is 0 Å². The zero-order chi connectivity index (χ0) is 18.1. The van der Waals surface area contributed by atoms with Gasteiger partial charge in [0.25, 0.3) is 11.6 Å². The number of rotatable bonds is 3. The van der Waals surface area contributed by atoms with Crippen molar-refractivity contribution in [2.24, 2.45) is 0 Å². The summed E-state index contributed by atoms with van der Waals surface area (Å²) < 4.78 is 5.33. The molecule has 0 bridgehead atoms. The Morgan fingerprint density at radius 3 is 2.50 bits per heavy atom. The molecule has 1 amide bonds. The van der Waals surface area contributed by atoms with Crippen LogP contribution in [0.15, 0.2) is 65.2 Å². The molecule has 0 saturated heterocycles. The zero-order valence-electron chi connectivity index (χ0n) is 14.5. The van der Waals surface area contributed by atoms with Crippen LogP contribution in [0.5, 0.6) is 0 Å². The maximum absolute atomic E-state index is 13.0. The monoisotopic (exact) mass is 343 g/mol. The van der Waals surface area contributed by atoms with E-state index in [1.54, 1.807) is 13.0 Å². The lowest BCUT2D eigenvalue weighted by atomic mass is 10.0. The van der Waals surface area contributed by atoms with Gasteiger partial charge in [0.1, 0.15) is 0 Å². The maximum Gasteiger partial charge on any atom is 0.259 e. The molecule has 26 heavy (non-hydrogen) atoms. The van der Waals surface area contributed by atoms with Gasteiger partial charge < -0.3 is 9.84 Å². The van der Waals surface area contributed by atoms with Gasteiger partial charge in [-0.3, -0.25) is 4.79 Å². The number of carbonyl (C=O) groups is 1. The van der Waals surface area contributed by atoms with Gasteiger partial charge in [-0.1, -0.05) is 53.7 Å². The summed E-state index contributed by atoms with van der Waals surface area (Å²) in [6.45, 7) is 3.76. The number of anilines is 1. The van der Waals surface area contributed by atoms with Crippen LogP contribution >= 0.6 is 0 Å². The van der Waals surface area contributed by atoms with Crippen molar-refractivity contribution in [1.82, 2.24) is 10.1 Å². The van der Waals surface area contributed by atoms with Gasteiger partial charge in [-0.2, -0.15) is 0 Å². The van der Waals surface area contributed by atoms with Crippen molar-refractivity contribution in [3.8, 4) is 11.3 Å². The molecule has 5 heteroatoms. The van der Waals surface area contributed by atoms with E-state index >= 15 is 0 Å². The topological polar surface area (TPSA) is 68.0 Å². The number of pyridine rings is 1. The van der Waals surface area contributed by atoms with Crippen LogP contribution in [-0.2, 0) is 0 Å². The number of amides is 1. The van der Waals surface area contributed by atoms with E-state index in [4.69, 9.17) is 4.52 Å². The predicted molar refractivity (Wildman–Crippen MR) is 101 cm³/mol. The van der Waals surface area contributed by atoms with Crippen molar-refractivity contribution < 1.29 is 9.32 Å². The highest BCUT2D eigenvalue weighted by atomic mass is 16.5. The normalized spacial score (nSPS) is 10.8. The first-order chi connectivity index (χ1) is 12.6. The minimum atomic E-state index is -0.213. The van der Waals surface area contributed by atoms with E-state index in [-0.39, 0.29) is 5.91 Å². The number of para-hydroxylation sites is 1. The first kappa shape index (κ1) is 16.0. The van der Waals surface area contributed by atoms with Gasteiger partial charge in [-0.25, -0.2) is 4.98 Å². The molecule has 5 nitrogen and oxygen atoms in total. The van der Waals surface area contributed by atoms with Crippen LogP contribution in [0, 0.1) is 13.8 Å². The van der Waals surface area contributed by atoms with Crippen molar-refractivity contribution in [3.05, 3.63) is 77.5 Å². The summed E-state index contributed by atoms with van der Waals surface area (Å²) >= 11 is 0. The number of fused-ring (bicyclic) bond motifs is 1. The minimum absolute atomic E-state index is 0.213. The Morgan fingerprint density at radius 1 is 1.00 bits per heavy atom. The Labute approximate surface area is 150 Å². The quantitative estimate of drug-likeness (QED) is 0.582. The van der Waals surface area contributed by atoms with Crippen molar-refractivity contribution in [3.63, 3.8) is 0 Å². The number of hydrogen-bond donors (Lipinski definition) is 1. The van der Waals surface area contributed by atoms with Crippen molar-refractivity contribution in [1.29, 1.82) is 0 Å². The van der Waals surface area contributed by atoms with E-state index in [2.05, 4.69) is 15.5 Å². The highest BCUT2D eigenvalue weighted by Gasteiger charge is 2.19. The summed E-state index contributed by atoms with van der Waals surface area (Å²) in [5.41, 5.74) is 4.85. The first-order valence-corrected chi connectivity index (χ1v) is 8.33. The fourth-order valence-corrected chi connectivity index (χ4v) is 2.93. The molecule has 4 aromatic rings. The van der Waals surface area contributed by atoms with Gasteiger partial charge in [0.05, 0.1) is 22.3 Å². The summed E-state index contributed by atoms with van der Waals surface area (Å²) in [5, 5.41) is 7.59. The maximum atomic E-state index is 13.0. The van der Waals surface area contributed by atoms with E-state index in [0.717, 1.165) is 16.8 Å². The summed E-state index contributed by atoms with van der Waals surface area (Å²) in [6, 6.07) is 19.1. The molecule has 2 aromatic carbocycles. The number of nitrogens with zero attached hydrogens (tertiary/aromatic N) is 2. The summed E-state index contributed by atoms with van der Waals surface area (Å²) in [6.07, 6.45) is 0. The number of aryl methyl sites for hydroxylation is 2. The number of benzene rings is 2. The van der Waals surface area contributed by atoms with E-state index in [9.17, 15) is 4.79 Å². The van der Waals surface area contributed by atoms with E-state index in [1.807, 2.05) is 61.5 Å². The molecule has 0 aliphatic heterocycles. The van der Waals surface area contributed by atoms with Gasteiger partial charge in [0, 0.05) is 11.3 Å². The highest BCUT2D eigenvalue weighted by molar-refractivity contribution is 6.13. The Morgan fingerprint density at radius 2 is 1.73 bits per heavy atom. The lowest BCUT2D eigenvalue weighted by Crippen LogP contribution is -2.14. The van der Waals surface area contributed by atoms with Crippen molar-refractivity contribution >= 4 is 22.7 Å².